The van der Waals surface area contributed by atoms with Gasteiger partial charge in [-0.3, -0.25) is 4.79 Å². The molecular weight excluding hydrogens is 320 g/mol. The number of rotatable bonds is 3. The predicted molar refractivity (Wildman–Crippen MR) is 80.3 cm³/mol. The van der Waals surface area contributed by atoms with Gasteiger partial charge in [0, 0.05) is 22.6 Å². The maximum absolute atomic E-state index is 12.8. The zero-order valence-electron chi connectivity index (χ0n) is 11.7. The number of hydrogen-bond acceptors (Lipinski definition) is 3. The largest absolute Gasteiger partial charge is 0.497 e. The van der Waals surface area contributed by atoms with Gasteiger partial charge in [-0.25, -0.2) is 0 Å². The predicted octanol–water partition coefficient (Wildman–Crippen LogP) is 3.99. The molecule has 20 heavy (non-hydrogen) atoms. The van der Waals surface area contributed by atoms with E-state index in [1.54, 1.807) is 7.11 Å². The smallest absolute Gasteiger partial charge is 0.167 e. The third-order valence-corrected chi connectivity index (χ3v) is 5.26. The van der Waals surface area contributed by atoms with Crippen LogP contribution in [0.5, 0.6) is 5.75 Å². The first-order chi connectivity index (χ1) is 9.63. The summed E-state index contributed by atoms with van der Waals surface area (Å²) in [5.74, 6) is 1.01. The summed E-state index contributed by atoms with van der Waals surface area (Å²) in [6, 6.07) is 5.57. The van der Waals surface area contributed by atoms with Crippen LogP contribution in [0.3, 0.4) is 0 Å². The maximum Gasteiger partial charge on any atom is 0.167 e. The SMILES string of the molecule is COc1ccc(Br)c(C(=O)C2CCOC3(CCC3)C2)c1. The van der Waals surface area contributed by atoms with Crippen molar-refractivity contribution in [3.8, 4) is 5.75 Å². The van der Waals surface area contributed by atoms with E-state index in [2.05, 4.69) is 15.9 Å². The Morgan fingerprint density at radius 2 is 2.25 bits per heavy atom. The van der Waals surface area contributed by atoms with Crippen molar-refractivity contribution in [2.45, 2.75) is 37.7 Å². The van der Waals surface area contributed by atoms with E-state index in [-0.39, 0.29) is 17.3 Å². The molecule has 1 aromatic carbocycles. The first kappa shape index (κ1) is 14.1. The van der Waals surface area contributed by atoms with Gasteiger partial charge >= 0.3 is 0 Å². The van der Waals surface area contributed by atoms with Gasteiger partial charge in [-0.2, -0.15) is 0 Å². The molecule has 2 fully saturated rings. The Labute approximate surface area is 127 Å². The minimum atomic E-state index is 0.00389. The molecule has 1 aliphatic heterocycles. The van der Waals surface area contributed by atoms with Crippen LogP contribution >= 0.6 is 15.9 Å². The van der Waals surface area contributed by atoms with Gasteiger partial charge in [-0.15, -0.1) is 0 Å². The fourth-order valence-electron chi connectivity index (χ4n) is 3.21. The van der Waals surface area contributed by atoms with Gasteiger partial charge in [0.05, 0.1) is 12.7 Å². The second kappa shape index (κ2) is 5.49. The van der Waals surface area contributed by atoms with E-state index in [0.717, 1.165) is 41.5 Å². The average Bonchev–Trinajstić information content (AvgIpc) is 2.45. The topological polar surface area (TPSA) is 35.5 Å². The van der Waals surface area contributed by atoms with Crippen molar-refractivity contribution < 1.29 is 14.3 Å². The van der Waals surface area contributed by atoms with E-state index in [0.29, 0.717) is 6.61 Å². The van der Waals surface area contributed by atoms with Gasteiger partial charge in [0.25, 0.3) is 0 Å². The Balaban J connectivity index is 1.81. The van der Waals surface area contributed by atoms with Gasteiger partial charge in [0.15, 0.2) is 5.78 Å². The van der Waals surface area contributed by atoms with Crippen LogP contribution in [0.2, 0.25) is 0 Å². The third-order valence-electron chi connectivity index (χ3n) is 4.57. The van der Waals surface area contributed by atoms with Crippen LogP contribution in [0.1, 0.15) is 42.5 Å². The zero-order chi connectivity index (χ0) is 14.2. The van der Waals surface area contributed by atoms with Crippen molar-refractivity contribution in [2.75, 3.05) is 13.7 Å². The zero-order valence-corrected chi connectivity index (χ0v) is 13.2. The Morgan fingerprint density at radius 3 is 2.90 bits per heavy atom. The summed E-state index contributed by atoms with van der Waals surface area (Å²) >= 11 is 3.48. The van der Waals surface area contributed by atoms with Crippen molar-refractivity contribution >= 4 is 21.7 Å². The molecule has 1 aliphatic carbocycles. The van der Waals surface area contributed by atoms with Crippen molar-refractivity contribution in [1.29, 1.82) is 0 Å². The lowest BCUT2D eigenvalue weighted by Crippen LogP contribution is -2.47. The summed E-state index contributed by atoms with van der Waals surface area (Å²) in [6.07, 6.45) is 5.13. The Morgan fingerprint density at radius 1 is 1.45 bits per heavy atom. The number of methoxy groups -OCH3 is 1. The van der Waals surface area contributed by atoms with E-state index in [1.807, 2.05) is 18.2 Å². The number of carbonyl (C=O) groups excluding carboxylic acids is 1. The number of carbonyl (C=O) groups is 1. The van der Waals surface area contributed by atoms with Gasteiger partial charge in [0.2, 0.25) is 0 Å². The highest BCUT2D eigenvalue weighted by molar-refractivity contribution is 9.10. The second-order valence-corrected chi connectivity index (χ2v) is 6.64. The first-order valence-electron chi connectivity index (χ1n) is 7.15. The van der Waals surface area contributed by atoms with Crippen molar-refractivity contribution in [2.24, 2.45) is 5.92 Å². The lowest BCUT2D eigenvalue weighted by molar-refractivity contribution is -0.137. The molecule has 0 N–H and O–H groups in total. The average molecular weight is 339 g/mol. The molecule has 1 atom stereocenters. The van der Waals surface area contributed by atoms with Crippen molar-refractivity contribution in [1.82, 2.24) is 0 Å². The molecule has 0 radical (unpaired) electrons. The van der Waals surface area contributed by atoms with Crippen LogP contribution in [-0.2, 0) is 4.74 Å². The quantitative estimate of drug-likeness (QED) is 0.781. The molecule has 2 aliphatic rings. The van der Waals surface area contributed by atoms with Crippen LogP contribution in [0.25, 0.3) is 0 Å². The number of hydrogen-bond donors (Lipinski definition) is 0. The number of ketones is 1. The molecule has 0 amide bonds. The highest BCUT2D eigenvalue weighted by Gasteiger charge is 2.44. The molecule has 1 aromatic rings. The van der Waals surface area contributed by atoms with Crippen LogP contribution in [0.4, 0.5) is 0 Å². The van der Waals surface area contributed by atoms with Gasteiger partial charge in [0.1, 0.15) is 5.75 Å². The molecule has 3 nitrogen and oxygen atoms in total. The van der Waals surface area contributed by atoms with Gasteiger partial charge in [-0.05, 0) is 50.3 Å². The lowest BCUT2D eigenvalue weighted by atomic mass is 9.70. The van der Waals surface area contributed by atoms with E-state index in [9.17, 15) is 4.79 Å². The molecule has 3 rings (SSSR count). The minimum Gasteiger partial charge on any atom is -0.497 e. The van der Waals surface area contributed by atoms with E-state index >= 15 is 0 Å². The number of halogens is 1. The maximum atomic E-state index is 12.8. The number of ether oxygens (including phenoxy) is 2. The summed E-state index contributed by atoms with van der Waals surface area (Å²) in [5.41, 5.74) is 0.731. The van der Waals surface area contributed by atoms with Crippen LogP contribution in [0, 0.1) is 5.92 Å². The van der Waals surface area contributed by atoms with Gasteiger partial charge in [-0.1, -0.05) is 15.9 Å². The molecule has 1 saturated carbocycles. The first-order valence-corrected chi connectivity index (χ1v) is 7.95. The monoisotopic (exact) mass is 338 g/mol. The highest BCUT2D eigenvalue weighted by atomic mass is 79.9. The second-order valence-electron chi connectivity index (χ2n) is 5.78. The van der Waals surface area contributed by atoms with Crippen molar-refractivity contribution in [3.05, 3.63) is 28.2 Å². The Kier molecular flexibility index (Phi) is 3.87. The van der Waals surface area contributed by atoms with Gasteiger partial charge < -0.3 is 9.47 Å². The van der Waals surface area contributed by atoms with Crippen LogP contribution < -0.4 is 4.74 Å². The Bertz CT molecular complexity index is 522. The molecule has 1 unspecified atom stereocenters. The normalized spacial score (nSPS) is 24.2. The summed E-state index contributed by atoms with van der Waals surface area (Å²) in [7, 11) is 1.62. The third kappa shape index (κ3) is 2.51. The fourth-order valence-corrected chi connectivity index (χ4v) is 3.65. The molecule has 108 valence electrons. The van der Waals surface area contributed by atoms with E-state index in [1.165, 1.54) is 6.42 Å². The molecule has 4 heteroatoms. The highest BCUT2D eigenvalue weighted by Crippen LogP contribution is 2.45. The Hall–Kier alpha value is -0.870. The van der Waals surface area contributed by atoms with E-state index < -0.39 is 0 Å². The standard InChI is InChI=1S/C16H19BrO3/c1-19-12-3-4-14(17)13(9-12)15(18)11-5-8-20-16(10-11)6-2-7-16/h3-4,9,11H,2,5-8,10H2,1H3. The van der Waals surface area contributed by atoms with Crippen LogP contribution in [0.15, 0.2) is 22.7 Å². The molecule has 1 saturated heterocycles. The lowest BCUT2D eigenvalue weighted by Gasteiger charge is -2.46. The molecule has 0 aromatic heterocycles. The van der Waals surface area contributed by atoms with Crippen molar-refractivity contribution in [3.63, 3.8) is 0 Å². The molecule has 0 bridgehead atoms. The number of Topliss-reactive ketones (excluding diaryl/α,β-unsaturated/α-hetero) is 1. The number of benzene rings is 1. The molecular formula is C16H19BrO3. The molecule has 1 spiro atoms. The van der Waals surface area contributed by atoms with E-state index in [4.69, 9.17) is 9.47 Å². The minimum absolute atomic E-state index is 0.00389. The summed E-state index contributed by atoms with van der Waals surface area (Å²) in [5, 5.41) is 0. The molecule has 1 heterocycles. The summed E-state index contributed by atoms with van der Waals surface area (Å²) in [4.78, 5) is 12.8. The summed E-state index contributed by atoms with van der Waals surface area (Å²) in [6.45, 7) is 0.706. The summed E-state index contributed by atoms with van der Waals surface area (Å²) < 4.78 is 12.0. The van der Waals surface area contributed by atoms with Crippen LogP contribution in [-0.4, -0.2) is 25.1 Å². The fraction of sp³-hybridized carbons (Fsp3) is 0.562.